The molecule has 18 heavy (non-hydrogen) atoms. The number of carboxylic acid groups (broad SMARTS) is 1. The molecule has 0 saturated heterocycles. The number of hydrogen-bond acceptors (Lipinski definition) is 4. The zero-order chi connectivity index (χ0) is 13.3. The van der Waals surface area contributed by atoms with Crippen LogP contribution in [0.25, 0.3) is 0 Å². The van der Waals surface area contributed by atoms with Gasteiger partial charge in [0.15, 0.2) is 0 Å². The molecular weight excluding hydrogens is 274 g/mol. The quantitative estimate of drug-likeness (QED) is 0.914. The molecule has 0 bridgehead atoms. The average molecular weight is 285 g/mol. The number of carboxylic acids is 1. The summed E-state index contributed by atoms with van der Waals surface area (Å²) in [4.78, 5) is 11.1. The molecule has 0 spiro atoms. The van der Waals surface area contributed by atoms with E-state index in [1.807, 2.05) is 0 Å². The van der Waals surface area contributed by atoms with Gasteiger partial charge in [-0.15, -0.1) is 0 Å². The Morgan fingerprint density at radius 3 is 2.72 bits per heavy atom. The van der Waals surface area contributed by atoms with Gasteiger partial charge in [0.1, 0.15) is 10.3 Å². The van der Waals surface area contributed by atoms with Crippen LogP contribution in [0.5, 0.6) is 0 Å². The van der Waals surface area contributed by atoms with Crippen molar-refractivity contribution in [2.75, 3.05) is 0 Å². The van der Waals surface area contributed by atoms with E-state index in [1.165, 1.54) is 6.07 Å². The average Bonchev–Trinajstić information content (AvgIpc) is 2.58. The summed E-state index contributed by atoms with van der Waals surface area (Å²) in [7, 11) is -3.66. The van der Waals surface area contributed by atoms with Crippen molar-refractivity contribution in [3.8, 4) is 0 Å². The first-order chi connectivity index (χ1) is 8.45. The predicted octanol–water partition coefficient (Wildman–Crippen LogP) is 1.73. The zero-order valence-corrected chi connectivity index (χ0v) is 11.2. The van der Waals surface area contributed by atoms with Crippen molar-refractivity contribution in [1.82, 2.24) is 0 Å². The van der Waals surface area contributed by atoms with E-state index < -0.39 is 21.2 Å². The van der Waals surface area contributed by atoms with Crippen LogP contribution in [0.3, 0.4) is 0 Å². The Morgan fingerprint density at radius 2 is 2.11 bits per heavy atom. The molecule has 7 heteroatoms. The highest BCUT2D eigenvalue weighted by atomic mass is 32.2. The molecule has 96 valence electrons. The summed E-state index contributed by atoms with van der Waals surface area (Å²) in [6, 6.07) is 6.44. The third-order valence-electron chi connectivity index (χ3n) is 2.50. The van der Waals surface area contributed by atoms with Gasteiger partial charge in [-0.05, 0) is 12.5 Å². The van der Waals surface area contributed by atoms with E-state index in [1.54, 1.807) is 25.1 Å². The Labute approximate surface area is 109 Å². The van der Waals surface area contributed by atoms with Crippen molar-refractivity contribution in [2.24, 2.45) is 4.40 Å². The molecule has 1 aliphatic heterocycles. The second-order valence-electron chi connectivity index (χ2n) is 3.72. The summed E-state index contributed by atoms with van der Waals surface area (Å²) in [5.41, 5.74) is 0.488. The number of rotatable bonds is 3. The molecular formula is C11H11NO4S2. The van der Waals surface area contributed by atoms with E-state index in [-0.39, 0.29) is 9.94 Å². The minimum Gasteiger partial charge on any atom is -0.480 e. The minimum atomic E-state index is -3.66. The Balaban J connectivity index is 2.40. The van der Waals surface area contributed by atoms with Crippen molar-refractivity contribution >= 4 is 32.8 Å². The first-order valence-electron chi connectivity index (χ1n) is 5.29. The number of fused-ring (bicyclic) bond motifs is 1. The lowest BCUT2D eigenvalue weighted by Crippen LogP contribution is -2.17. The minimum absolute atomic E-state index is 0.146. The van der Waals surface area contributed by atoms with Crippen LogP contribution in [0.4, 0.5) is 0 Å². The number of hydrogen-bond donors (Lipinski definition) is 1. The van der Waals surface area contributed by atoms with Gasteiger partial charge in [0, 0.05) is 5.56 Å². The van der Waals surface area contributed by atoms with Gasteiger partial charge in [0.25, 0.3) is 10.0 Å². The fraction of sp³-hybridized carbons (Fsp3) is 0.273. The molecule has 1 aromatic carbocycles. The number of benzene rings is 1. The molecule has 0 aliphatic carbocycles. The summed E-state index contributed by atoms with van der Waals surface area (Å²) in [6.45, 7) is 1.74. The normalized spacial score (nSPS) is 17.9. The Kier molecular flexibility index (Phi) is 3.45. The molecule has 0 amide bonds. The van der Waals surface area contributed by atoms with Gasteiger partial charge in [0.05, 0.1) is 4.90 Å². The molecule has 1 aromatic rings. The first kappa shape index (κ1) is 13.1. The lowest BCUT2D eigenvalue weighted by atomic mass is 10.2. The highest BCUT2D eigenvalue weighted by Gasteiger charge is 2.31. The van der Waals surface area contributed by atoms with Crippen molar-refractivity contribution in [3.63, 3.8) is 0 Å². The topological polar surface area (TPSA) is 83.8 Å². The standard InChI is InChI=1S/C11H11NO4S2/c1-2-8(11(13)14)17-10-7-5-3-4-6-9(7)18(15,16)12-10/h3-6,8H,2H2,1H3,(H,13,14). The Morgan fingerprint density at radius 1 is 1.44 bits per heavy atom. The van der Waals surface area contributed by atoms with E-state index in [2.05, 4.69) is 4.40 Å². The fourth-order valence-corrected chi connectivity index (χ4v) is 4.09. The number of aliphatic carboxylic acids is 1. The molecule has 1 aliphatic rings. The lowest BCUT2D eigenvalue weighted by molar-refractivity contribution is -0.136. The van der Waals surface area contributed by atoms with Gasteiger partial charge in [-0.1, -0.05) is 36.9 Å². The van der Waals surface area contributed by atoms with Gasteiger partial charge >= 0.3 is 5.97 Å². The van der Waals surface area contributed by atoms with Crippen LogP contribution in [0.1, 0.15) is 18.9 Å². The monoisotopic (exact) mass is 285 g/mol. The Bertz CT molecular complexity index is 622. The van der Waals surface area contributed by atoms with Gasteiger partial charge in [-0.25, -0.2) is 0 Å². The van der Waals surface area contributed by atoms with E-state index >= 15 is 0 Å². The maximum atomic E-state index is 11.8. The molecule has 0 saturated carbocycles. The molecule has 1 N–H and O–H groups in total. The fourth-order valence-electron chi connectivity index (χ4n) is 1.60. The van der Waals surface area contributed by atoms with Gasteiger partial charge in [-0.2, -0.15) is 12.8 Å². The van der Waals surface area contributed by atoms with Gasteiger partial charge in [0.2, 0.25) is 0 Å². The number of thioether (sulfide) groups is 1. The van der Waals surface area contributed by atoms with Crippen molar-refractivity contribution in [1.29, 1.82) is 0 Å². The molecule has 1 heterocycles. The van der Waals surface area contributed by atoms with Crippen LogP contribution in [0.2, 0.25) is 0 Å². The van der Waals surface area contributed by atoms with Gasteiger partial charge < -0.3 is 5.11 Å². The second-order valence-corrected chi connectivity index (χ2v) is 6.48. The summed E-state index contributed by atoms with van der Waals surface area (Å²) < 4.78 is 27.2. The van der Waals surface area contributed by atoms with Crippen LogP contribution in [0, 0.1) is 0 Å². The molecule has 0 radical (unpaired) electrons. The van der Waals surface area contributed by atoms with E-state index in [9.17, 15) is 13.2 Å². The summed E-state index contributed by atoms with van der Waals surface area (Å²) in [5, 5.41) is 8.56. The molecule has 0 aromatic heterocycles. The SMILES string of the molecule is CCC(SC1=NS(=O)(=O)c2ccccc21)C(=O)O. The van der Waals surface area contributed by atoms with Crippen LogP contribution >= 0.6 is 11.8 Å². The van der Waals surface area contributed by atoms with Crippen LogP contribution < -0.4 is 0 Å². The largest absolute Gasteiger partial charge is 0.480 e. The number of nitrogens with zero attached hydrogens (tertiary/aromatic N) is 1. The second kappa shape index (κ2) is 4.74. The summed E-state index contributed by atoms with van der Waals surface area (Å²) in [5.74, 6) is -0.966. The van der Waals surface area contributed by atoms with Crippen LogP contribution in [-0.2, 0) is 14.8 Å². The first-order valence-corrected chi connectivity index (χ1v) is 7.61. The molecule has 1 unspecified atom stereocenters. The predicted molar refractivity (Wildman–Crippen MR) is 69.5 cm³/mol. The lowest BCUT2D eigenvalue weighted by Gasteiger charge is -2.08. The van der Waals surface area contributed by atoms with Crippen LogP contribution in [-0.4, -0.2) is 29.8 Å². The highest BCUT2D eigenvalue weighted by molar-refractivity contribution is 8.16. The number of carbonyl (C=O) groups is 1. The smallest absolute Gasteiger partial charge is 0.317 e. The number of sulfonamides is 1. The molecule has 0 fully saturated rings. The van der Waals surface area contributed by atoms with Crippen molar-refractivity contribution in [3.05, 3.63) is 29.8 Å². The van der Waals surface area contributed by atoms with E-state index in [0.29, 0.717) is 12.0 Å². The van der Waals surface area contributed by atoms with Crippen molar-refractivity contribution < 1.29 is 18.3 Å². The molecule has 5 nitrogen and oxygen atoms in total. The highest BCUT2D eigenvalue weighted by Crippen LogP contribution is 2.33. The third kappa shape index (κ3) is 2.28. The summed E-state index contributed by atoms with van der Waals surface area (Å²) >= 11 is 0.977. The molecule has 2 rings (SSSR count). The summed E-state index contributed by atoms with van der Waals surface area (Å²) in [6.07, 6.45) is 0.404. The Hall–Kier alpha value is -1.34. The van der Waals surface area contributed by atoms with Crippen molar-refractivity contribution in [2.45, 2.75) is 23.5 Å². The van der Waals surface area contributed by atoms with E-state index in [0.717, 1.165) is 11.8 Å². The maximum absolute atomic E-state index is 11.8. The zero-order valence-electron chi connectivity index (χ0n) is 9.53. The maximum Gasteiger partial charge on any atom is 0.317 e. The van der Waals surface area contributed by atoms with E-state index in [4.69, 9.17) is 5.11 Å². The van der Waals surface area contributed by atoms with Gasteiger partial charge in [-0.3, -0.25) is 4.79 Å². The van der Waals surface area contributed by atoms with Crippen LogP contribution in [0.15, 0.2) is 33.6 Å². The molecule has 1 atom stereocenters. The third-order valence-corrected chi connectivity index (χ3v) is 5.30.